The van der Waals surface area contributed by atoms with Crippen molar-refractivity contribution in [3.8, 4) is 0 Å². The minimum atomic E-state index is -4.50. The van der Waals surface area contributed by atoms with Gasteiger partial charge in [-0.2, -0.15) is 13.2 Å². The van der Waals surface area contributed by atoms with E-state index in [1.165, 1.54) is 11.0 Å². The normalized spacial score (nSPS) is 18.9. The van der Waals surface area contributed by atoms with Crippen LogP contribution in [-0.2, 0) is 15.7 Å². The summed E-state index contributed by atoms with van der Waals surface area (Å²) >= 11 is 0. The molecule has 0 aromatic heterocycles. The number of benzene rings is 1. The molecule has 1 unspecified atom stereocenters. The summed E-state index contributed by atoms with van der Waals surface area (Å²) in [5, 5.41) is 2.55. The Kier molecular flexibility index (Phi) is 4.93. The molecule has 8 heteroatoms. The summed E-state index contributed by atoms with van der Waals surface area (Å²) < 4.78 is 43.5. The maximum absolute atomic E-state index is 12.7. The fourth-order valence-corrected chi connectivity index (χ4v) is 2.23. The molecule has 2 rings (SSSR count). The van der Waals surface area contributed by atoms with Gasteiger partial charge in [-0.3, -0.25) is 9.59 Å². The number of ether oxygens (including phenoxy) is 1. The average molecular weight is 330 g/mol. The summed E-state index contributed by atoms with van der Waals surface area (Å²) in [7, 11) is 1.62. The van der Waals surface area contributed by atoms with E-state index in [0.29, 0.717) is 12.1 Å². The highest BCUT2D eigenvalue weighted by Gasteiger charge is 2.31. The van der Waals surface area contributed by atoms with E-state index in [0.717, 1.165) is 12.1 Å². The van der Waals surface area contributed by atoms with Crippen molar-refractivity contribution in [3.05, 3.63) is 34.9 Å². The number of carbonyl (C=O) groups excluding carboxylic acids is 2. The zero-order valence-corrected chi connectivity index (χ0v) is 12.7. The minimum absolute atomic E-state index is 0.0277. The van der Waals surface area contributed by atoms with Crippen molar-refractivity contribution in [2.45, 2.75) is 19.2 Å². The van der Waals surface area contributed by atoms with Crippen LogP contribution in [0.1, 0.15) is 21.5 Å². The monoisotopic (exact) mass is 330 g/mol. The second kappa shape index (κ2) is 6.57. The van der Waals surface area contributed by atoms with Crippen molar-refractivity contribution in [1.82, 2.24) is 10.2 Å². The third-order valence-electron chi connectivity index (χ3n) is 3.65. The molecule has 0 radical (unpaired) electrons. The van der Waals surface area contributed by atoms with E-state index < -0.39 is 17.6 Å². The number of rotatable bonds is 3. The average Bonchev–Trinajstić information content (AvgIpc) is 2.47. The predicted octanol–water partition coefficient (Wildman–Crippen LogP) is 1.60. The van der Waals surface area contributed by atoms with Gasteiger partial charge in [0, 0.05) is 25.7 Å². The fraction of sp³-hybridized carbons (Fsp3) is 0.467. The first-order valence-corrected chi connectivity index (χ1v) is 7.00. The highest BCUT2D eigenvalue weighted by molar-refractivity contribution is 5.95. The largest absolute Gasteiger partial charge is 0.416 e. The van der Waals surface area contributed by atoms with Gasteiger partial charge in [0.2, 0.25) is 5.91 Å². The molecule has 1 heterocycles. The third kappa shape index (κ3) is 4.22. The van der Waals surface area contributed by atoms with Crippen LogP contribution in [0.15, 0.2) is 18.2 Å². The lowest BCUT2D eigenvalue weighted by molar-refractivity contribution is -0.146. The summed E-state index contributed by atoms with van der Waals surface area (Å²) in [6.45, 7) is 1.94. The third-order valence-corrected chi connectivity index (χ3v) is 3.65. The molecule has 1 saturated heterocycles. The number of hydrogen-bond acceptors (Lipinski definition) is 3. The number of likely N-dealkylation sites (N-methyl/N-ethyl adjacent to an activating group) is 1. The first-order chi connectivity index (χ1) is 10.7. The lowest BCUT2D eigenvalue weighted by atomic mass is 10.0. The van der Waals surface area contributed by atoms with E-state index in [9.17, 15) is 22.8 Å². The van der Waals surface area contributed by atoms with Crippen molar-refractivity contribution in [2.24, 2.45) is 0 Å². The summed E-state index contributed by atoms with van der Waals surface area (Å²) in [6, 6.07) is 3.04. The minimum Gasteiger partial charge on any atom is -0.365 e. The Labute approximate surface area is 131 Å². The topological polar surface area (TPSA) is 58.6 Å². The lowest BCUT2D eigenvalue weighted by Crippen LogP contribution is -2.48. The van der Waals surface area contributed by atoms with Gasteiger partial charge in [0.15, 0.2) is 0 Å². The van der Waals surface area contributed by atoms with Crippen LogP contribution < -0.4 is 5.32 Å². The van der Waals surface area contributed by atoms with E-state index in [4.69, 9.17) is 4.74 Å². The van der Waals surface area contributed by atoms with E-state index in [1.807, 2.05) is 0 Å². The Balaban J connectivity index is 2.02. The Morgan fingerprint density at radius 2 is 2.13 bits per heavy atom. The SMILES string of the molecule is Cc1ccc(C(F)(F)F)cc1C(=O)NCC1CN(C)C(=O)CO1. The van der Waals surface area contributed by atoms with Gasteiger partial charge in [-0.15, -0.1) is 0 Å². The predicted molar refractivity (Wildman–Crippen MR) is 75.9 cm³/mol. The Hall–Kier alpha value is -2.09. The fourth-order valence-electron chi connectivity index (χ4n) is 2.23. The zero-order chi connectivity index (χ0) is 17.2. The lowest BCUT2D eigenvalue weighted by Gasteiger charge is -2.30. The van der Waals surface area contributed by atoms with Crippen molar-refractivity contribution < 1.29 is 27.5 Å². The molecule has 1 atom stereocenters. The molecule has 1 aromatic carbocycles. The van der Waals surface area contributed by atoms with E-state index >= 15 is 0 Å². The number of carbonyl (C=O) groups is 2. The molecule has 0 aliphatic carbocycles. The van der Waals surface area contributed by atoms with Crippen LogP contribution in [-0.4, -0.2) is 49.6 Å². The molecular weight excluding hydrogens is 313 g/mol. The number of morpholine rings is 1. The van der Waals surface area contributed by atoms with Crippen molar-refractivity contribution >= 4 is 11.8 Å². The molecule has 1 N–H and O–H groups in total. The molecule has 23 heavy (non-hydrogen) atoms. The summed E-state index contributed by atoms with van der Waals surface area (Å²) in [5.41, 5.74) is -0.445. The van der Waals surface area contributed by atoms with Gasteiger partial charge in [-0.25, -0.2) is 0 Å². The standard InChI is InChI=1S/C15H17F3N2O3/c1-9-3-4-10(15(16,17)18)5-12(9)14(22)19-6-11-7-20(2)13(21)8-23-11/h3-5,11H,6-8H2,1-2H3,(H,19,22). The smallest absolute Gasteiger partial charge is 0.365 e. The molecule has 1 fully saturated rings. The van der Waals surface area contributed by atoms with Gasteiger partial charge in [-0.05, 0) is 24.6 Å². The van der Waals surface area contributed by atoms with Gasteiger partial charge in [-0.1, -0.05) is 6.07 Å². The van der Waals surface area contributed by atoms with Crippen LogP contribution in [0.4, 0.5) is 13.2 Å². The van der Waals surface area contributed by atoms with Gasteiger partial charge in [0.1, 0.15) is 6.61 Å². The van der Waals surface area contributed by atoms with Gasteiger partial charge >= 0.3 is 6.18 Å². The number of aryl methyl sites for hydroxylation is 1. The van der Waals surface area contributed by atoms with Gasteiger partial charge in [0.05, 0.1) is 11.7 Å². The summed E-state index contributed by atoms with van der Waals surface area (Å²) in [4.78, 5) is 24.9. The number of nitrogens with one attached hydrogen (secondary N) is 1. The Morgan fingerprint density at radius 3 is 2.74 bits per heavy atom. The number of alkyl halides is 3. The molecule has 5 nitrogen and oxygen atoms in total. The molecule has 1 aromatic rings. The van der Waals surface area contributed by atoms with Crippen molar-refractivity contribution in [1.29, 1.82) is 0 Å². The van der Waals surface area contributed by atoms with Crippen LogP contribution in [0.25, 0.3) is 0 Å². The van der Waals surface area contributed by atoms with E-state index in [1.54, 1.807) is 14.0 Å². The highest BCUT2D eigenvalue weighted by atomic mass is 19.4. The van der Waals surface area contributed by atoms with Crippen LogP contribution >= 0.6 is 0 Å². The van der Waals surface area contributed by atoms with Crippen molar-refractivity contribution in [2.75, 3.05) is 26.7 Å². The number of amides is 2. The Morgan fingerprint density at radius 1 is 1.43 bits per heavy atom. The molecule has 2 amide bonds. The van der Waals surface area contributed by atoms with Crippen molar-refractivity contribution in [3.63, 3.8) is 0 Å². The maximum Gasteiger partial charge on any atom is 0.416 e. The highest BCUT2D eigenvalue weighted by Crippen LogP contribution is 2.30. The van der Waals surface area contributed by atoms with Gasteiger partial charge in [0.25, 0.3) is 5.91 Å². The molecule has 0 spiro atoms. The second-order valence-electron chi connectivity index (χ2n) is 5.44. The maximum atomic E-state index is 12.7. The van der Waals surface area contributed by atoms with E-state index in [-0.39, 0.29) is 30.7 Å². The van der Waals surface area contributed by atoms with Crippen LogP contribution in [0.5, 0.6) is 0 Å². The molecule has 0 saturated carbocycles. The van der Waals surface area contributed by atoms with Gasteiger partial charge < -0.3 is 15.0 Å². The number of hydrogen-bond donors (Lipinski definition) is 1. The zero-order valence-electron chi connectivity index (χ0n) is 12.7. The van der Waals surface area contributed by atoms with Crippen LogP contribution in [0.2, 0.25) is 0 Å². The second-order valence-corrected chi connectivity index (χ2v) is 5.44. The first-order valence-electron chi connectivity index (χ1n) is 7.00. The first kappa shape index (κ1) is 17.3. The van der Waals surface area contributed by atoms with Crippen LogP contribution in [0.3, 0.4) is 0 Å². The summed E-state index contributed by atoms with van der Waals surface area (Å²) in [6.07, 6.45) is -4.88. The quantitative estimate of drug-likeness (QED) is 0.916. The number of nitrogens with zero attached hydrogens (tertiary/aromatic N) is 1. The molecular formula is C15H17F3N2O3. The molecule has 1 aliphatic rings. The summed E-state index contributed by atoms with van der Waals surface area (Å²) in [5.74, 6) is -0.752. The van der Waals surface area contributed by atoms with Crippen LogP contribution in [0, 0.1) is 6.92 Å². The van der Waals surface area contributed by atoms with E-state index in [2.05, 4.69) is 5.32 Å². The Bertz CT molecular complexity index is 616. The molecule has 1 aliphatic heterocycles. The number of halogens is 3. The molecule has 126 valence electrons. The molecule has 0 bridgehead atoms.